The molecule has 6 rings (SSSR count). The number of fused-ring (bicyclic) bond motifs is 2. The van der Waals surface area contributed by atoms with E-state index in [4.69, 9.17) is 4.74 Å². The van der Waals surface area contributed by atoms with Crippen LogP contribution in [0.2, 0.25) is 0 Å². The van der Waals surface area contributed by atoms with E-state index in [0.29, 0.717) is 0 Å². The van der Waals surface area contributed by atoms with Gasteiger partial charge >= 0.3 is 0 Å². The van der Waals surface area contributed by atoms with Gasteiger partial charge in [-0.2, -0.15) is 0 Å². The minimum atomic E-state index is -0.230. The summed E-state index contributed by atoms with van der Waals surface area (Å²) in [5.41, 5.74) is 7.10. The molecule has 1 N–H and O–H groups in total. The van der Waals surface area contributed by atoms with E-state index in [1.165, 1.54) is 0 Å². The summed E-state index contributed by atoms with van der Waals surface area (Å²) in [4.78, 5) is 19.6. The minimum absolute atomic E-state index is 0.0591. The Bertz CT molecular complexity index is 1540. The van der Waals surface area contributed by atoms with Gasteiger partial charge < -0.3 is 14.6 Å². The lowest BCUT2D eigenvalue weighted by molar-refractivity contribution is 0.0678. The van der Waals surface area contributed by atoms with Gasteiger partial charge in [0.25, 0.3) is 5.91 Å². The molecule has 4 aromatic carbocycles. The molecule has 1 aromatic heterocycles. The number of rotatable bonds is 5. The van der Waals surface area contributed by atoms with Gasteiger partial charge in [-0.3, -0.25) is 4.79 Å². The predicted octanol–water partition coefficient (Wildman–Crippen LogP) is 7.15. The van der Waals surface area contributed by atoms with E-state index in [1.54, 1.807) is 7.11 Å². The van der Waals surface area contributed by atoms with Gasteiger partial charge in [-0.25, -0.2) is 0 Å². The predicted molar refractivity (Wildman–Crippen MR) is 140 cm³/mol. The Kier molecular flexibility index (Phi) is 5.14. The quantitative estimate of drug-likeness (QED) is 0.304. The molecule has 5 aromatic rings. The van der Waals surface area contributed by atoms with Crippen molar-refractivity contribution >= 4 is 16.8 Å². The van der Waals surface area contributed by atoms with Crippen molar-refractivity contribution in [2.75, 3.05) is 7.11 Å². The maximum Gasteiger partial charge on any atom is 0.255 e. The van der Waals surface area contributed by atoms with Crippen molar-refractivity contribution in [1.82, 2.24) is 9.88 Å². The molecule has 2 heterocycles. The highest BCUT2D eigenvalue weighted by atomic mass is 16.5. The van der Waals surface area contributed by atoms with Crippen LogP contribution in [0, 0.1) is 0 Å². The first-order chi connectivity index (χ1) is 17.2. The molecule has 0 spiro atoms. The molecule has 0 fully saturated rings. The van der Waals surface area contributed by atoms with Crippen LogP contribution < -0.4 is 4.74 Å². The van der Waals surface area contributed by atoms with E-state index in [2.05, 4.69) is 54.4 Å². The number of aromatic amines is 1. The van der Waals surface area contributed by atoms with Crippen LogP contribution in [0.4, 0.5) is 0 Å². The van der Waals surface area contributed by atoms with E-state index >= 15 is 0 Å². The Labute approximate surface area is 204 Å². The molecule has 0 bridgehead atoms. The number of hydrogen-bond donors (Lipinski definition) is 1. The normalized spacial score (nSPS) is 15.9. The first-order valence-corrected chi connectivity index (χ1v) is 11.9. The van der Waals surface area contributed by atoms with E-state index in [9.17, 15) is 4.79 Å². The minimum Gasteiger partial charge on any atom is -0.497 e. The summed E-state index contributed by atoms with van der Waals surface area (Å²) in [5, 5.41) is 1.12. The topological polar surface area (TPSA) is 45.3 Å². The number of benzene rings is 4. The zero-order valence-corrected chi connectivity index (χ0v) is 19.7. The summed E-state index contributed by atoms with van der Waals surface area (Å²) in [5.74, 6) is 0.855. The molecule has 1 amide bonds. The Balaban J connectivity index is 1.63. The summed E-state index contributed by atoms with van der Waals surface area (Å²) < 4.78 is 5.53. The van der Waals surface area contributed by atoms with Crippen molar-refractivity contribution in [3.8, 4) is 17.0 Å². The molecule has 0 aliphatic carbocycles. The number of carbonyl (C=O) groups excluding carboxylic acids is 1. The second kappa shape index (κ2) is 8.48. The SMILES string of the molecule is COc1cccc(-c2[nH]c3ccccc3c2[C@@H]2c3ccccc3C(=O)N2[C@H](C)c2ccccc2)c1. The number of amides is 1. The number of para-hydroxylation sites is 1. The van der Waals surface area contributed by atoms with Crippen LogP contribution in [0.3, 0.4) is 0 Å². The van der Waals surface area contributed by atoms with Gasteiger partial charge in [0.1, 0.15) is 5.75 Å². The first kappa shape index (κ1) is 21.2. The molecule has 1 aliphatic heterocycles. The Hall–Kier alpha value is -4.31. The van der Waals surface area contributed by atoms with E-state index in [0.717, 1.165) is 50.2 Å². The number of methoxy groups -OCH3 is 1. The van der Waals surface area contributed by atoms with Gasteiger partial charge in [0.2, 0.25) is 0 Å². The van der Waals surface area contributed by atoms with Crippen molar-refractivity contribution < 1.29 is 9.53 Å². The second-order valence-corrected chi connectivity index (χ2v) is 8.98. The fraction of sp³-hybridized carbons (Fsp3) is 0.129. The van der Waals surface area contributed by atoms with E-state index in [-0.39, 0.29) is 18.0 Å². The number of ether oxygens (including phenoxy) is 1. The van der Waals surface area contributed by atoms with Crippen LogP contribution in [-0.2, 0) is 0 Å². The summed E-state index contributed by atoms with van der Waals surface area (Å²) in [6.07, 6.45) is 0. The average Bonchev–Trinajstić information content (AvgIpc) is 3.44. The molecule has 35 heavy (non-hydrogen) atoms. The maximum atomic E-state index is 13.9. The zero-order valence-electron chi connectivity index (χ0n) is 19.7. The molecule has 4 heteroatoms. The molecule has 0 saturated carbocycles. The highest BCUT2D eigenvalue weighted by Gasteiger charge is 2.42. The van der Waals surface area contributed by atoms with Crippen LogP contribution in [0.5, 0.6) is 5.75 Å². The van der Waals surface area contributed by atoms with E-state index < -0.39 is 0 Å². The highest BCUT2D eigenvalue weighted by molar-refractivity contribution is 6.02. The van der Waals surface area contributed by atoms with Gasteiger partial charge in [0, 0.05) is 27.6 Å². The summed E-state index contributed by atoms with van der Waals surface area (Å²) in [6, 6.07) is 34.3. The molecule has 0 radical (unpaired) electrons. The lowest BCUT2D eigenvalue weighted by Crippen LogP contribution is -2.31. The smallest absolute Gasteiger partial charge is 0.255 e. The van der Waals surface area contributed by atoms with E-state index in [1.807, 2.05) is 65.6 Å². The van der Waals surface area contributed by atoms with Crippen molar-refractivity contribution in [3.05, 3.63) is 125 Å². The molecule has 0 unspecified atom stereocenters. The Morgan fingerprint density at radius 1 is 0.857 bits per heavy atom. The van der Waals surface area contributed by atoms with Crippen molar-refractivity contribution in [2.24, 2.45) is 0 Å². The third-order valence-corrected chi connectivity index (χ3v) is 7.08. The van der Waals surface area contributed by atoms with Crippen LogP contribution >= 0.6 is 0 Å². The largest absolute Gasteiger partial charge is 0.497 e. The Morgan fingerprint density at radius 2 is 1.60 bits per heavy atom. The van der Waals surface area contributed by atoms with Gasteiger partial charge in [-0.1, -0.05) is 78.9 Å². The number of nitrogens with zero attached hydrogens (tertiary/aromatic N) is 1. The molecule has 1 aliphatic rings. The lowest BCUT2D eigenvalue weighted by Gasteiger charge is -2.32. The van der Waals surface area contributed by atoms with Crippen LogP contribution in [-0.4, -0.2) is 22.9 Å². The second-order valence-electron chi connectivity index (χ2n) is 8.98. The monoisotopic (exact) mass is 458 g/mol. The van der Waals surface area contributed by atoms with Crippen LogP contribution in [0.25, 0.3) is 22.2 Å². The highest BCUT2D eigenvalue weighted by Crippen LogP contribution is 2.48. The molecule has 4 nitrogen and oxygen atoms in total. The number of nitrogens with one attached hydrogen (secondary N) is 1. The molecule has 2 atom stereocenters. The molecule has 172 valence electrons. The van der Waals surface area contributed by atoms with Crippen molar-refractivity contribution in [1.29, 1.82) is 0 Å². The summed E-state index contributed by atoms with van der Waals surface area (Å²) in [7, 11) is 1.68. The number of aromatic nitrogens is 1. The van der Waals surface area contributed by atoms with Crippen molar-refractivity contribution in [2.45, 2.75) is 19.0 Å². The third kappa shape index (κ3) is 3.41. The molecular formula is C31H26N2O2. The number of hydrogen-bond acceptors (Lipinski definition) is 2. The average molecular weight is 459 g/mol. The molecule has 0 saturated heterocycles. The number of carbonyl (C=O) groups is 1. The fourth-order valence-corrected chi connectivity index (χ4v) is 5.38. The summed E-state index contributed by atoms with van der Waals surface area (Å²) >= 11 is 0. The Morgan fingerprint density at radius 3 is 2.43 bits per heavy atom. The van der Waals surface area contributed by atoms with Gasteiger partial charge in [-0.05, 0) is 42.3 Å². The maximum absolute atomic E-state index is 13.9. The van der Waals surface area contributed by atoms with Gasteiger partial charge in [0.05, 0.1) is 24.9 Å². The lowest BCUT2D eigenvalue weighted by atomic mass is 9.92. The van der Waals surface area contributed by atoms with Gasteiger partial charge in [-0.15, -0.1) is 0 Å². The van der Waals surface area contributed by atoms with Crippen LogP contribution in [0.1, 0.15) is 46.1 Å². The van der Waals surface area contributed by atoms with Gasteiger partial charge in [0.15, 0.2) is 0 Å². The first-order valence-electron chi connectivity index (χ1n) is 11.9. The fourth-order valence-electron chi connectivity index (χ4n) is 5.38. The van der Waals surface area contributed by atoms with Crippen molar-refractivity contribution in [3.63, 3.8) is 0 Å². The van der Waals surface area contributed by atoms with Crippen LogP contribution in [0.15, 0.2) is 103 Å². The third-order valence-electron chi connectivity index (χ3n) is 7.08. The summed E-state index contributed by atoms with van der Waals surface area (Å²) in [6.45, 7) is 2.12. The molecular weight excluding hydrogens is 432 g/mol. The standard InChI is InChI=1S/C31H26N2O2/c1-20(21-11-4-3-5-12-21)33-30(24-15-6-7-16-25(24)31(33)34)28-26-17-8-9-18-27(26)32-29(28)22-13-10-14-23(19-22)35-2/h3-20,30,32H,1-2H3/t20-,30+/m1/s1. The number of H-pyrrole nitrogens is 1. The zero-order chi connectivity index (χ0) is 23.9.